The minimum atomic E-state index is -0.134. The molecule has 6 heteroatoms. The van der Waals surface area contributed by atoms with Gasteiger partial charge >= 0.3 is 0 Å². The Balaban J connectivity index is 1.62. The molecule has 0 aliphatic rings. The zero-order valence-corrected chi connectivity index (χ0v) is 14.8. The van der Waals surface area contributed by atoms with Crippen molar-refractivity contribution in [1.29, 1.82) is 0 Å². The number of carbonyl (C=O) groups is 1. The molecule has 1 amide bonds. The molecule has 26 heavy (non-hydrogen) atoms. The molecule has 0 unspecified atom stereocenters. The summed E-state index contributed by atoms with van der Waals surface area (Å²) in [5.74, 6) is 1.21. The van der Waals surface area contributed by atoms with E-state index in [1.165, 1.54) is 0 Å². The van der Waals surface area contributed by atoms with E-state index in [1.807, 2.05) is 55.6 Å². The highest BCUT2D eigenvalue weighted by molar-refractivity contribution is 5.94. The van der Waals surface area contributed by atoms with Crippen LogP contribution in [0, 0.1) is 0 Å². The van der Waals surface area contributed by atoms with Gasteiger partial charge in [0.1, 0.15) is 6.61 Å². The summed E-state index contributed by atoms with van der Waals surface area (Å²) in [5, 5.41) is 6.99. The first kappa shape index (κ1) is 17.5. The molecule has 0 saturated heterocycles. The van der Waals surface area contributed by atoms with E-state index in [9.17, 15) is 4.79 Å². The van der Waals surface area contributed by atoms with Crippen molar-refractivity contribution < 1.29 is 14.3 Å². The molecule has 1 heterocycles. The van der Waals surface area contributed by atoms with Gasteiger partial charge in [0.25, 0.3) is 5.91 Å². The molecule has 0 fully saturated rings. The van der Waals surface area contributed by atoms with Crippen LogP contribution in [0.4, 0.5) is 0 Å². The minimum absolute atomic E-state index is 0.134. The molecule has 3 aromatic rings. The highest BCUT2D eigenvalue weighted by atomic mass is 16.5. The Morgan fingerprint density at radius 1 is 1.12 bits per heavy atom. The number of aromatic nitrogens is 2. The van der Waals surface area contributed by atoms with Crippen LogP contribution in [-0.2, 0) is 20.2 Å². The number of ether oxygens (including phenoxy) is 2. The molecule has 0 saturated carbocycles. The second-order valence-electron chi connectivity index (χ2n) is 5.77. The van der Waals surface area contributed by atoms with Crippen molar-refractivity contribution >= 4 is 5.91 Å². The van der Waals surface area contributed by atoms with Gasteiger partial charge in [-0.1, -0.05) is 24.3 Å². The predicted octanol–water partition coefficient (Wildman–Crippen LogP) is 2.94. The molecule has 0 aliphatic heterocycles. The molecule has 1 aromatic heterocycles. The molecule has 134 valence electrons. The largest absolute Gasteiger partial charge is 0.493 e. The lowest BCUT2D eigenvalue weighted by molar-refractivity contribution is 0.0950. The summed E-state index contributed by atoms with van der Waals surface area (Å²) >= 11 is 0. The number of nitrogens with zero attached hydrogens (tertiary/aromatic N) is 2. The van der Waals surface area contributed by atoms with Crippen LogP contribution in [0.15, 0.2) is 60.8 Å². The topological polar surface area (TPSA) is 65.4 Å². The summed E-state index contributed by atoms with van der Waals surface area (Å²) in [5.41, 5.74) is 2.44. The van der Waals surface area contributed by atoms with Crippen LogP contribution in [0.25, 0.3) is 0 Å². The van der Waals surface area contributed by atoms with Crippen LogP contribution >= 0.6 is 0 Å². The van der Waals surface area contributed by atoms with E-state index in [1.54, 1.807) is 24.1 Å². The maximum absolute atomic E-state index is 12.4. The first-order valence-corrected chi connectivity index (χ1v) is 8.27. The van der Waals surface area contributed by atoms with E-state index in [4.69, 9.17) is 9.47 Å². The second kappa shape index (κ2) is 8.20. The van der Waals surface area contributed by atoms with Gasteiger partial charge in [0, 0.05) is 18.8 Å². The SMILES string of the molecule is COc1ccccc1OCc1cccc(C(=O)NCc2ccnn2C)c1. The summed E-state index contributed by atoms with van der Waals surface area (Å²) in [4.78, 5) is 12.4. The Bertz CT molecular complexity index is 889. The molecule has 0 radical (unpaired) electrons. The molecular formula is C20H21N3O3. The van der Waals surface area contributed by atoms with Crippen LogP contribution in [0.5, 0.6) is 11.5 Å². The number of rotatable bonds is 7. The van der Waals surface area contributed by atoms with E-state index >= 15 is 0 Å². The Morgan fingerprint density at radius 2 is 1.92 bits per heavy atom. The van der Waals surface area contributed by atoms with Gasteiger partial charge in [-0.2, -0.15) is 5.10 Å². The second-order valence-corrected chi connectivity index (χ2v) is 5.77. The zero-order valence-electron chi connectivity index (χ0n) is 14.8. The zero-order chi connectivity index (χ0) is 18.4. The Kier molecular flexibility index (Phi) is 5.53. The number of carbonyl (C=O) groups excluding carboxylic acids is 1. The van der Waals surface area contributed by atoms with E-state index < -0.39 is 0 Å². The van der Waals surface area contributed by atoms with E-state index in [-0.39, 0.29) is 5.91 Å². The van der Waals surface area contributed by atoms with Crippen molar-refractivity contribution in [3.8, 4) is 11.5 Å². The van der Waals surface area contributed by atoms with Gasteiger partial charge < -0.3 is 14.8 Å². The molecule has 0 atom stereocenters. The van der Waals surface area contributed by atoms with Gasteiger partial charge in [0.2, 0.25) is 0 Å². The van der Waals surface area contributed by atoms with Crippen molar-refractivity contribution in [2.24, 2.45) is 7.05 Å². The number of methoxy groups -OCH3 is 1. The van der Waals surface area contributed by atoms with Crippen LogP contribution in [-0.4, -0.2) is 22.8 Å². The summed E-state index contributed by atoms with van der Waals surface area (Å²) in [6.07, 6.45) is 1.71. The quantitative estimate of drug-likeness (QED) is 0.711. The molecular weight excluding hydrogens is 330 g/mol. The van der Waals surface area contributed by atoms with E-state index in [0.29, 0.717) is 30.2 Å². The fourth-order valence-electron chi connectivity index (χ4n) is 2.55. The number of nitrogens with one attached hydrogen (secondary N) is 1. The fraction of sp³-hybridized carbons (Fsp3) is 0.200. The lowest BCUT2D eigenvalue weighted by Crippen LogP contribution is -2.24. The van der Waals surface area contributed by atoms with E-state index in [0.717, 1.165) is 11.3 Å². The monoisotopic (exact) mass is 351 g/mol. The lowest BCUT2D eigenvalue weighted by atomic mass is 10.1. The number of para-hydroxylation sites is 2. The summed E-state index contributed by atoms with van der Waals surface area (Å²) in [7, 11) is 3.45. The lowest BCUT2D eigenvalue weighted by Gasteiger charge is -2.11. The first-order chi connectivity index (χ1) is 12.7. The fourth-order valence-corrected chi connectivity index (χ4v) is 2.55. The third-order valence-electron chi connectivity index (χ3n) is 4.01. The van der Waals surface area contributed by atoms with Crippen molar-refractivity contribution in [3.05, 3.63) is 77.6 Å². The highest BCUT2D eigenvalue weighted by Crippen LogP contribution is 2.26. The van der Waals surface area contributed by atoms with Gasteiger partial charge in [0.05, 0.1) is 19.3 Å². The standard InChI is InChI=1S/C20H21N3O3/c1-23-17(10-11-22-23)13-21-20(24)16-7-5-6-15(12-16)14-26-19-9-4-3-8-18(19)25-2/h3-12H,13-14H2,1-2H3,(H,21,24). The molecule has 0 bridgehead atoms. The summed E-state index contributed by atoms with van der Waals surface area (Å²) < 4.78 is 12.8. The van der Waals surface area contributed by atoms with Crippen LogP contribution in [0.3, 0.4) is 0 Å². The normalized spacial score (nSPS) is 10.4. The summed E-state index contributed by atoms with van der Waals surface area (Å²) in [6.45, 7) is 0.778. The van der Waals surface area contributed by atoms with Crippen molar-refractivity contribution in [1.82, 2.24) is 15.1 Å². The third-order valence-corrected chi connectivity index (χ3v) is 4.01. The molecule has 1 N–H and O–H groups in total. The smallest absolute Gasteiger partial charge is 0.251 e. The van der Waals surface area contributed by atoms with Gasteiger partial charge in [-0.3, -0.25) is 9.48 Å². The minimum Gasteiger partial charge on any atom is -0.493 e. The van der Waals surface area contributed by atoms with E-state index in [2.05, 4.69) is 10.4 Å². The molecule has 0 aliphatic carbocycles. The maximum atomic E-state index is 12.4. The van der Waals surface area contributed by atoms with Gasteiger partial charge in [-0.25, -0.2) is 0 Å². The average molecular weight is 351 g/mol. The molecule has 2 aromatic carbocycles. The number of hydrogen-bond donors (Lipinski definition) is 1. The number of benzene rings is 2. The van der Waals surface area contributed by atoms with Crippen LogP contribution < -0.4 is 14.8 Å². The number of amides is 1. The van der Waals surface area contributed by atoms with Gasteiger partial charge in [0.15, 0.2) is 11.5 Å². The van der Waals surface area contributed by atoms with Crippen LogP contribution in [0.2, 0.25) is 0 Å². The highest BCUT2D eigenvalue weighted by Gasteiger charge is 2.08. The van der Waals surface area contributed by atoms with Crippen molar-refractivity contribution in [2.45, 2.75) is 13.2 Å². The average Bonchev–Trinajstić information content (AvgIpc) is 3.09. The number of hydrogen-bond acceptors (Lipinski definition) is 4. The molecule has 6 nitrogen and oxygen atoms in total. The molecule has 0 spiro atoms. The summed E-state index contributed by atoms with van der Waals surface area (Å²) in [6, 6.07) is 16.7. The van der Waals surface area contributed by atoms with Gasteiger partial charge in [-0.05, 0) is 35.9 Å². The Morgan fingerprint density at radius 3 is 2.65 bits per heavy atom. The predicted molar refractivity (Wildman–Crippen MR) is 98.1 cm³/mol. The first-order valence-electron chi connectivity index (χ1n) is 8.27. The maximum Gasteiger partial charge on any atom is 0.251 e. The third kappa shape index (κ3) is 4.22. The number of aryl methyl sites for hydroxylation is 1. The van der Waals surface area contributed by atoms with Crippen molar-refractivity contribution in [3.63, 3.8) is 0 Å². The Hall–Kier alpha value is -3.28. The van der Waals surface area contributed by atoms with Crippen LogP contribution in [0.1, 0.15) is 21.6 Å². The van der Waals surface area contributed by atoms with Gasteiger partial charge in [-0.15, -0.1) is 0 Å². The Labute approximate surface area is 152 Å². The molecule has 3 rings (SSSR count). The van der Waals surface area contributed by atoms with Crippen molar-refractivity contribution in [2.75, 3.05) is 7.11 Å².